The standard InChI is InChI=1S/C19H39NO3S/c1-2-3-16-19(21)17-14-12-10-8-6-4-5-7-9-11-13-15-18-24(20,22)23/h14,17,19,21H,2-13,15-16,18H2,1H3,(H2,20,22,23). The van der Waals surface area contributed by atoms with E-state index in [0.717, 1.165) is 38.5 Å². The Bertz CT molecular complexity index is 393. The molecule has 0 rings (SSSR count). The zero-order valence-electron chi connectivity index (χ0n) is 15.6. The summed E-state index contributed by atoms with van der Waals surface area (Å²) in [5.41, 5.74) is 0. The van der Waals surface area contributed by atoms with E-state index in [4.69, 9.17) is 5.14 Å². The number of sulfonamides is 1. The van der Waals surface area contributed by atoms with E-state index in [-0.39, 0.29) is 11.9 Å². The highest BCUT2D eigenvalue weighted by atomic mass is 32.2. The summed E-state index contributed by atoms with van der Waals surface area (Å²) in [6, 6.07) is 0. The number of aliphatic hydroxyl groups is 1. The fraction of sp³-hybridized carbons (Fsp3) is 0.895. The second kappa shape index (κ2) is 16.1. The van der Waals surface area contributed by atoms with Crippen molar-refractivity contribution in [3.63, 3.8) is 0 Å². The van der Waals surface area contributed by atoms with Crippen LogP contribution in [-0.2, 0) is 10.0 Å². The highest BCUT2D eigenvalue weighted by Crippen LogP contribution is 2.12. The summed E-state index contributed by atoms with van der Waals surface area (Å²) < 4.78 is 21.5. The maximum absolute atomic E-state index is 10.8. The van der Waals surface area contributed by atoms with Crippen molar-refractivity contribution >= 4 is 10.0 Å². The Morgan fingerprint density at radius 2 is 1.38 bits per heavy atom. The van der Waals surface area contributed by atoms with Gasteiger partial charge in [-0.25, -0.2) is 13.6 Å². The molecule has 0 spiro atoms. The van der Waals surface area contributed by atoms with Crippen molar-refractivity contribution in [2.45, 2.75) is 103 Å². The molecule has 0 aromatic rings. The van der Waals surface area contributed by atoms with Crippen LogP contribution in [0.15, 0.2) is 12.2 Å². The summed E-state index contributed by atoms with van der Waals surface area (Å²) >= 11 is 0. The number of nitrogens with two attached hydrogens (primary N) is 1. The van der Waals surface area contributed by atoms with Crippen LogP contribution in [0.2, 0.25) is 0 Å². The molecule has 144 valence electrons. The molecule has 0 bridgehead atoms. The number of aliphatic hydroxyl groups excluding tert-OH is 1. The van der Waals surface area contributed by atoms with Gasteiger partial charge in [-0.05, 0) is 25.7 Å². The fourth-order valence-corrected chi connectivity index (χ4v) is 3.35. The molecule has 0 radical (unpaired) electrons. The van der Waals surface area contributed by atoms with Gasteiger partial charge in [-0.2, -0.15) is 0 Å². The second-order valence-electron chi connectivity index (χ2n) is 6.83. The Morgan fingerprint density at radius 3 is 1.88 bits per heavy atom. The van der Waals surface area contributed by atoms with Crippen LogP contribution in [0.5, 0.6) is 0 Å². The van der Waals surface area contributed by atoms with Gasteiger partial charge >= 0.3 is 0 Å². The molecular weight excluding hydrogens is 322 g/mol. The van der Waals surface area contributed by atoms with Crippen LogP contribution < -0.4 is 5.14 Å². The van der Waals surface area contributed by atoms with Gasteiger partial charge in [-0.3, -0.25) is 0 Å². The number of rotatable bonds is 17. The third-order valence-corrected chi connectivity index (χ3v) is 5.12. The van der Waals surface area contributed by atoms with Crippen LogP contribution in [0.3, 0.4) is 0 Å². The Balaban J connectivity index is 3.21. The Hall–Kier alpha value is -0.390. The minimum atomic E-state index is -3.27. The number of primary sulfonamides is 1. The molecule has 0 aromatic heterocycles. The predicted molar refractivity (Wildman–Crippen MR) is 103 cm³/mol. The van der Waals surface area contributed by atoms with Crippen molar-refractivity contribution in [3.8, 4) is 0 Å². The van der Waals surface area contributed by atoms with Gasteiger partial charge in [-0.1, -0.05) is 83.3 Å². The predicted octanol–water partition coefficient (Wildman–Crippen LogP) is 4.67. The molecule has 4 nitrogen and oxygen atoms in total. The lowest BCUT2D eigenvalue weighted by atomic mass is 10.1. The summed E-state index contributed by atoms with van der Waals surface area (Å²) in [4.78, 5) is 0. The van der Waals surface area contributed by atoms with Gasteiger partial charge in [-0.15, -0.1) is 0 Å². The third-order valence-electron chi connectivity index (χ3n) is 4.26. The first kappa shape index (κ1) is 23.6. The van der Waals surface area contributed by atoms with E-state index in [1.165, 1.54) is 44.9 Å². The number of unbranched alkanes of at least 4 members (excludes halogenated alkanes) is 11. The molecule has 1 unspecified atom stereocenters. The van der Waals surface area contributed by atoms with Gasteiger partial charge in [0.05, 0.1) is 11.9 Å². The molecule has 0 saturated carbocycles. The quantitative estimate of drug-likeness (QED) is 0.292. The van der Waals surface area contributed by atoms with Crippen LogP contribution in [-0.4, -0.2) is 25.4 Å². The molecule has 5 heteroatoms. The molecule has 0 aliphatic carbocycles. The molecule has 0 amide bonds. The van der Waals surface area contributed by atoms with E-state index in [1.54, 1.807) is 0 Å². The van der Waals surface area contributed by atoms with Crippen molar-refractivity contribution < 1.29 is 13.5 Å². The van der Waals surface area contributed by atoms with Crippen molar-refractivity contribution in [2.75, 3.05) is 5.75 Å². The van der Waals surface area contributed by atoms with Crippen LogP contribution in [0.4, 0.5) is 0 Å². The molecule has 0 saturated heterocycles. The molecule has 1 atom stereocenters. The van der Waals surface area contributed by atoms with E-state index in [0.29, 0.717) is 6.42 Å². The van der Waals surface area contributed by atoms with Gasteiger partial charge in [0.1, 0.15) is 0 Å². The fourth-order valence-electron chi connectivity index (χ4n) is 2.74. The number of allylic oxidation sites excluding steroid dienone is 1. The maximum Gasteiger partial charge on any atom is 0.209 e. The first-order valence-corrected chi connectivity index (χ1v) is 11.5. The normalized spacial score (nSPS) is 13.6. The van der Waals surface area contributed by atoms with Gasteiger partial charge in [0.25, 0.3) is 0 Å². The van der Waals surface area contributed by atoms with Crippen molar-refractivity contribution in [1.82, 2.24) is 0 Å². The summed E-state index contributed by atoms with van der Waals surface area (Å²) in [6.45, 7) is 2.14. The summed E-state index contributed by atoms with van der Waals surface area (Å²) in [5.74, 6) is 0.122. The highest BCUT2D eigenvalue weighted by molar-refractivity contribution is 7.89. The van der Waals surface area contributed by atoms with Crippen LogP contribution >= 0.6 is 0 Å². The topological polar surface area (TPSA) is 80.4 Å². The van der Waals surface area contributed by atoms with Crippen molar-refractivity contribution in [3.05, 3.63) is 12.2 Å². The van der Waals surface area contributed by atoms with Crippen LogP contribution in [0.25, 0.3) is 0 Å². The Labute approximate surface area is 150 Å². The molecule has 0 heterocycles. The van der Waals surface area contributed by atoms with E-state index in [1.807, 2.05) is 6.08 Å². The molecule has 0 fully saturated rings. The lowest BCUT2D eigenvalue weighted by Crippen LogP contribution is -2.16. The maximum atomic E-state index is 10.8. The minimum absolute atomic E-state index is 0.122. The third kappa shape index (κ3) is 19.7. The SMILES string of the molecule is CCCCC(O)C=CCCCCCCCCCCCCS(N)(=O)=O. The molecular formula is C19H39NO3S. The molecule has 24 heavy (non-hydrogen) atoms. The Morgan fingerprint density at radius 1 is 0.875 bits per heavy atom. The van der Waals surface area contributed by atoms with E-state index >= 15 is 0 Å². The van der Waals surface area contributed by atoms with E-state index < -0.39 is 10.0 Å². The van der Waals surface area contributed by atoms with Crippen molar-refractivity contribution in [2.24, 2.45) is 5.14 Å². The Kier molecular flexibility index (Phi) is 15.8. The number of hydrogen-bond donors (Lipinski definition) is 2. The highest BCUT2D eigenvalue weighted by Gasteiger charge is 2.01. The lowest BCUT2D eigenvalue weighted by molar-refractivity contribution is 0.209. The van der Waals surface area contributed by atoms with Gasteiger partial charge in [0.15, 0.2) is 0 Å². The molecule has 3 N–H and O–H groups in total. The van der Waals surface area contributed by atoms with E-state index in [9.17, 15) is 13.5 Å². The van der Waals surface area contributed by atoms with Gasteiger partial charge < -0.3 is 5.11 Å². The van der Waals surface area contributed by atoms with Gasteiger partial charge in [0.2, 0.25) is 10.0 Å². The second-order valence-corrected chi connectivity index (χ2v) is 8.56. The zero-order valence-corrected chi connectivity index (χ0v) is 16.4. The van der Waals surface area contributed by atoms with Crippen molar-refractivity contribution in [1.29, 1.82) is 0 Å². The summed E-state index contributed by atoms with van der Waals surface area (Å²) in [7, 11) is -3.27. The summed E-state index contributed by atoms with van der Waals surface area (Å²) in [6.07, 6.45) is 19.6. The minimum Gasteiger partial charge on any atom is -0.389 e. The van der Waals surface area contributed by atoms with Crippen LogP contribution in [0.1, 0.15) is 96.8 Å². The van der Waals surface area contributed by atoms with E-state index in [2.05, 4.69) is 13.0 Å². The smallest absolute Gasteiger partial charge is 0.209 e. The monoisotopic (exact) mass is 361 g/mol. The molecule has 0 aliphatic heterocycles. The first-order valence-electron chi connectivity index (χ1n) is 9.81. The zero-order chi connectivity index (χ0) is 18.1. The van der Waals surface area contributed by atoms with Crippen LogP contribution in [0, 0.1) is 0 Å². The molecule has 0 aromatic carbocycles. The largest absolute Gasteiger partial charge is 0.389 e. The summed E-state index contributed by atoms with van der Waals surface area (Å²) in [5, 5.41) is 14.6. The lowest BCUT2D eigenvalue weighted by Gasteiger charge is -2.04. The average Bonchev–Trinajstić information content (AvgIpc) is 2.52. The first-order chi connectivity index (χ1) is 11.5. The average molecular weight is 362 g/mol. The number of hydrogen-bond acceptors (Lipinski definition) is 3. The van der Waals surface area contributed by atoms with Gasteiger partial charge in [0, 0.05) is 0 Å². The molecule has 0 aliphatic rings.